The first-order valence-corrected chi connectivity index (χ1v) is 10.3. The van der Waals surface area contributed by atoms with Crippen molar-refractivity contribution in [3.63, 3.8) is 0 Å². The summed E-state index contributed by atoms with van der Waals surface area (Å²) in [7, 11) is 0. The molecule has 1 amide bonds. The average molecular weight is 411 g/mol. The van der Waals surface area contributed by atoms with Crippen LogP contribution in [0.3, 0.4) is 0 Å². The maximum atomic E-state index is 12.5. The molecule has 5 rings (SSSR count). The van der Waals surface area contributed by atoms with Crippen molar-refractivity contribution >= 4 is 43.5 Å². The predicted octanol–water partition coefficient (Wildman–Crippen LogP) is 5.68. The van der Waals surface area contributed by atoms with E-state index < -0.39 is 0 Å². The van der Waals surface area contributed by atoms with Crippen molar-refractivity contribution in [2.24, 2.45) is 0 Å². The van der Waals surface area contributed by atoms with Gasteiger partial charge in [0.1, 0.15) is 12.4 Å². The number of hydrogen-bond acceptors (Lipinski definition) is 5. The Bertz CT molecular complexity index is 1310. The van der Waals surface area contributed by atoms with Gasteiger partial charge < -0.3 is 4.74 Å². The number of nitrogens with one attached hydrogen (secondary N) is 1. The van der Waals surface area contributed by atoms with E-state index in [-0.39, 0.29) is 5.91 Å². The Morgan fingerprint density at radius 2 is 1.60 bits per heavy atom. The maximum absolute atomic E-state index is 12.5. The predicted molar refractivity (Wildman–Crippen MR) is 120 cm³/mol. The highest BCUT2D eigenvalue weighted by atomic mass is 32.1. The molecule has 0 unspecified atom stereocenters. The van der Waals surface area contributed by atoms with Crippen molar-refractivity contribution in [3.05, 3.63) is 96.2 Å². The molecule has 5 nitrogen and oxygen atoms in total. The van der Waals surface area contributed by atoms with Crippen molar-refractivity contribution in [1.29, 1.82) is 0 Å². The summed E-state index contributed by atoms with van der Waals surface area (Å²) < 4.78 is 6.87. The molecule has 0 fully saturated rings. The number of anilines is 1. The fourth-order valence-corrected chi connectivity index (χ4v) is 4.00. The van der Waals surface area contributed by atoms with Gasteiger partial charge in [-0.25, -0.2) is 9.97 Å². The van der Waals surface area contributed by atoms with Gasteiger partial charge in [-0.05, 0) is 48.5 Å². The van der Waals surface area contributed by atoms with Crippen LogP contribution in [0.25, 0.3) is 21.1 Å². The highest BCUT2D eigenvalue weighted by molar-refractivity contribution is 7.22. The maximum Gasteiger partial charge on any atom is 0.257 e. The Morgan fingerprint density at radius 1 is 0.833 bits per heavy atom. The molecule has 5 aromatic rings. The zero-order valence-electron chi connectivity index (χ0n) is 15.9. The highest BCUT2D eigenvalue weighted by Gasteiger charge is 2.10. The molecule has 0 bridgehead atoms. The van der Waals surface area contributed by atoms with Crippen LogP contribution in [0.5, 0.6) is 5.75 Å². The minimum Gasteiger partial charge on any atom is -0.487 e. The lowest BCUT2D eigenvalue weighted by Gasteiger charge is -2.08. The lowest BCUT2D eigenvalue weighted by molar-refractivity contribution is 0.102. The summed E-state index contributed by atoms with van der Waals surface area (Å²) in [5.74, 6) is 0.485. The van der Waals surface area contributed by atoms with E-state index in [0.717, 1.165) is 26.8 Å². The molecule has 0 radical (unpaired) electrons. The molecule has 0 aliphatic rings. The zero-order valence-corrected chi connectivity index (χ0v) is 16.7. The molecule has 146 valence electrons. The number of fused-ring (bicyclic) bond motifs is 2. The third-order valence-electron chi connectivity index (χ3n) is 4.67. The molecule has 0 spiro atoms. The van der Waals surface area contributed by atoms with Crippen molar-refractivity contribution in [1.82, 2.24) is 9.97 Å². The van der Waals surface area contributed by atoms with Crippen LogP contribution in [0.1, 0.15) is 16.1 Å². The van der Waals surface area contributed by atoms with Crippen molar-refractivity contribution in [3.8, 4) is 5.75 Å². The van der Waals surface area contributed by atoms with Gasteiger partial charge in [0.05, 0.1) is 21.4 Å². The summed E-state index contributed by atoms with van der Waals surface area (Å²) >= 11 is 1.46. The lowest BCUT2D eigenvalue weighted by Crippen LogP contribution is -2.11. The van der Waals surface area contributed by atoms with Crippen LogP contribution < -0.4 is 10.1 Å². The molecule has 2 heterocycles. The van der Waals surface area contributed by atoms with Gasteiger partial charge in [-0.2, -0.15) is 0 Å². The molecule has 2 aromatic heterocycles. The second-order valence-electron chi connectivity index (χ2n) is 6.75. The number of para-hydroxylation sites is 2. The SMILES string of the molecule is O=C(Nc1nc2ccccc2s1)c1ccc(OCc2ccc3ccccc3n2)cc1. The Hall–Kier alpha value is -3.77. The first-order chi connectivity index (χ1) is 14.7. The van der Waals surface area contributed by atoms with Gasteiger partial charge in [0, 0.05) is 10.9 Å². The summed E-state index contributed by atoms with van der Waals surface area (Å²) in [5.41, 5.74) is 3.22. The third kappa shape index (κ3) is 3.86. The van der Waals surface area contributed by atoms with E-state index >= 15 is 0 Å². The fourth-order valence-electron chi connectivity index (χ4n) is 3.14. The van der Waals surface area contributed by atoms with Crippen LogP contribution in [-0.4, -0.2) is 15.9 Å². The van der Waals surface area contributed by atoms with Crippen LogP contribution in [-0.2, 0) is 6.61 Å². The van der Waals surface area contributed by atoms with E-state index in [1.54, 1.807) is 24.3 Å². The monoisotopic (exact) mass is 411 g/mol. The van der Waals surface area contributed by atoms with Crippen LogP contribution in [0, 0.1) is 0 Å². The van der Waals surface area contributed by atoms with Crippen LogP contribution in [0.15, 0.2) is 84.9 Å². The Kier molecular flexibility index (Phi) is 4.83. The molecular weight excluding hydrogens is 394 g/mol. The van der Waals surface area contributed by atoms with Crippen LogP contribution in [0.2, 0.25) is 0 Å². The Balaban J connectivity index is 1.23. The second-order valence-corrected chi connectivity index (χ2v) is 7.78. The largest absolute Gasteiger partial charge is 0.487 e. The number of thiazole rings is 1. The third-order valence-corrected chi connectivity index (χ3v) is 5.63. The van der Waals surface area contributed by atoms with E-state index in [9.17, 15) is 4.79 Å². The van der Waals surface area contributed by atoms with Gasteiger partial charge in [0.15, 0.2) is 5.13 Å². The van der Waals surface area contributed by atoms with Gasteiger partial charge in [0.25, 0.3) is 5.91 Å². The van der Waals surface area contributed by atoms with E-state index in [0.29, 0.717) is 23.1 Å². The number of pyridine rings is 1. The number of carbonyl (C=O) groups excluding carboxylic acids is 1. The number of hydrogen-bond donors (Lipinski definition) is 1. The summed E-state index contributed by atoms with van der Waals surface area (Å²) in [6.07, 6.45) is 0. The quantitative estimate of drug-likeness (QED) is 0.404. The Labute approximate surface area is 177 Å². The number of nitrogens with zero attached hydrogens (tertiary/aromatic N) is 2. The molecule has 0 aliphatic carbocycles. The number of rotatable bonds is 5. The molecule has 0 aliphatic heterocycles. The molecule has 0 atom stereocenters. The van der Waals surface area contributed by atoms with E-state index in [4.69, 9.17) is 4.74 Å². The number of amides is 1. The summed E-state index contributed by atoms with van der Waals surface area (Å²) in [6, 6.07) is 26.8. The molecule has 0 saturated carbocycles. The fraction of sp³-hybridized carbons (Fsp3) is 0.0417. The summed E-state index contributed by atoms with van der Waals surface area (Å²) in [4.78, 5) is 21.6. The van der Waals surface area contributed by atoms with E-state index in [1.807, 2.05) is 60.7 Å². The standard InChI is InChI=1S/C24H17N3O2S/c28-23(27-24-26-21-7-3-4-8-22(21)30-24)17-10-13-19(14-11-17)29-15-18-12-9-16-5-1-2-6-20(16)25-18/h1-14H,15H2,(H,26,27,28). The van der Waals surface area contributed by atoms with Gasteiger partial charge in [-0.3, -0.25) is 10.1 Å². The topological polar surface area (TPSA) is 64.1 Å². The number of aromatic nitrogens is 2. The molecule has 1 N–H and O–H groups in total. The summed E-state index contributed by atoms with van der Waals surface area (Å²) in [6.45, 7) is 0.363. The number of ether oxygens (including phenoxy) is 1. The lowest BCUT2D eigenvalue weighted by atomic mass is 10.2. The minimum absolute atomic E-state index is 0.197. The van der Waals surface area contributed by atoms with Crippen molar-refractivity contribution in [2.45, 2.75) is 6.61 Å². The van der Waals surface area contributed by atoms with Gasteiger partial charge in [-0.15, -0.1) is 0 Å². The van der Waals surface area contributed by atoms with Gasteiger partial charge >= 0.3 is 0 Å². The molecule has 6 heteroatoms. The van der Waals surface area contributed by atoms with Crippen molar-refractivity contribution < 1.29 is 9.53 Å². The van der Waals surface area contributed by atoms with Gasteiger partial charge in [-0.1, -0.05) is 47.7 Å². The minimum atomic E-state index is -0.197. The highest BCUT2D eigenvalue weighted by Crippen LogP contribution is 2.26. The van der Waals surface area contributed by atoms with Gasteiger partial charge in [0.2, 0.25) is 0 Å². The second kappa shape index (κ2) is 7.93. The molecule has 0 saturated heterocycles. The molecule has 3 aromatic carbocycles. The molecule has 30 heavy (non-hydrogen) atoms. The molecular formula is C24H17N3O2S. The van der Waals surface area contributed by atoms with Crippen LogP contribution in [0.4, 0.5) is 5.13 Å². The Morgan fingerprint density at radius 3 is 2.43 bits per heavy atom. The first kappa shape index (κ1) is 18.3. The smallest absolute Gasteiger partial charge is 0.257 e. The van der Waals surface area contributed by atoms with E-state index in [2.05, 4.69) is 15.3 Å². The normalized spacial score (nSPS) is 10.9. The van der Waals surface area contributed by atoms with Crippen molar-refractivity contribution in [2.75, 3.05) is 5.32 Å². The number of carbonyl (C=O) groups is 1. The van der Waals surface area contributed by atoms with Crippen LogP contribution >= 0.6 is 11.3 Å². The zero-order chi connectivity index (χ0) is 20.3. The first-order valence-electron chi connectivity index (χ1n) is 9.49. The number of benzene rings is 3. The average Bonchev–Trinajstić information content (AvgIpc) is 3.20. The van der Waals surface area contributed by atoms with E-state index in [1.165, 1.54) is 11.3 Å². The summed E-state index contributed by atoms with van der Waals surface area (Å²) in [5, 5.41) is 4.55.